The van der Waals surface area contributed by atoms with Crippen molar-refractivity contribution in [3.05, 3.63) is 57.1 Å². The molecule has 2 aromatic rings. The summed E-state index contributed by atoms with van der Waals surface area (Å²) in [5.74, 6) is 1.21. The molecule has 4 rings (SSSR count). The molecule has 1 saturated carbocycles. The minimum Gasteiger partial charge on any atom is -0.507 e. The molecule has 0 aliphatic heterocycles. The Bertz CT molecular complexity index is 895. The van der Waals surface area contributed by atoms with Crippen LogP contribution in [-0.4, -0.2) is 11.1 Å². The maximum Gasteiger partial charge on any atom is 0.343 e. The molecule has 1 atom stereocenters. The number of hydrogen-bond donors (Lipinski definition) is 2. The summed E-state index contributed by atoms with van der Waals surface area (Å²) in [4.78, 5) is 13.0. The minimum absolute atomic E-state index is 0.0964. The van der Waals surface area contributed by atoms with E-state index in [0.717, 1.165) is 61.8 Å². The highest BCUT2D eigenvalue weighted by Gasteiger charge is 2.38. The predicted molar refractivity (Wildman–Crippen MR) is 112 cm³/mol. The van der Waals surface area contributed by atoms with Crippen LogP contribution in [0.1, 0.15) is 80.7 Å². The molecule has 1 heterocycles. The highest BCUT2D eigenvalue weighted by atomic mass is 16.4. The summed E-state index contributed by atoms with van der Waals surface area (Å²) in [7, 11) is 0. The lowest BCUT2D eigenvalue weighted by atomic mass is 9.85. The number of fused-ring (bicyclic) bond motifs is 1. The molecule has 0 spiro atoms. The molecule has 1 aromatic carbocycles. The average molecular weight is 382 g/mol. The molecule has 0 amide bonds. The van der Waals surface area contributed by atoms with Gasteiger partial charge in [0.15, 0.2) is 0 Å². The molecule has 150 valence electrons. The van der Waals surface area contributed by atoms with Gasteiger partial charge in [-0.05, 0) is 69.6 Å². The van der Waals surface area contributed by atoms with Crippen LogP contribution in [0.25, 0.3) is 0 Å². The van der Waals surface area contributed by atoms with Crippen LogP contribution < -0.4 is 10.9 Å². The number of aryl methyl sites for hydroxylation is 1. The third kappa shape index (κ3) is 3.96. The number of anilines is 1. The third-order valence-electron chi connectivity index (χ3n) is 6.00. The smallest absolute Gasteiger partial charge is 0.343 e. The Balaban J connectivity index is 1.79. The zero-order chi connectivity index (χ0) is 19.7. The van der Waals surface area contributed by atoms with E-state index in [0.29, 0.717) is 23.3 Å². The summed E-state index contributed by atoms with van der Waals surface area (Å²) in [5, 5.41) is 14.6. The van der Waals surface area contributed by atoms with Crippen LogP contribution in [0.15, 0.2) is 33.5 Å². The molecule has 2 N–H and O–H groups in total. The van der Waals surface area contributed by atoms with Crippen molar-refractivity contribution in [1.82, 2.24) is 0 Å². The first kappa shape index (κ1) is 19.1. The van der Waals surface area contributed by atoms with Crippen molar-refractivity contribution in [3.8, 4) is 5.75 Å². The van der Waals surface area contributed by atoms with Gasteiger partial charge in [0.05, 0.1) is 5.56 Å². The zero-order valence-electron chi connectivity index (χ0n) is 17.0. The summed E-state index contributed by atoms with van der Waals surface area (Å²) in [6.07, 6.45) is 8.10. The van der Waals surface area contributed by atoms with E-state index in [2.05, 4.69) is 37.4 Å². The van der Waals surface area contributed by atoms with E-state index in [9.17, 15) is 9.90 Å². The van der Waals surface area contributed by atoms with E-state index in [-0.39, 0.29) is 17.3 Å². The summed E-state index contributed by atoms with van der Waals surface area (Å²) < 4.78 is 5.79. The quantitative estimate of drug-likeness (QED) is 0.731. The molecule has 0 bridgehead atoms. The van der Waals surface area contributed by atoms with Crippen LogP contribution in [0.4, 0.5) is 5.69 Å². The second-order valence-corrected chi connectivity index (χ2v) is 8.71. The average Bonchev–Trinajstić information content (AvgIpc) is 3.45. The van der Waals surface area contributed by atoms with Crippen LogP contribution in [0.5, 0.6) is 5.75 Å². The lowest BCUT2D eigenvalue weighted by molar-refractivity contribution is 0.382. The fourth-order valence-electron chi connectivity index (χ4n) is 4.55. The number of nitrogens with one attached hydrogen (secondary N) is 1. The van der Waals surface area contributed by atoms with Gasteiger partial charge < -0.3 is 14.8 Å². The topological polar surface area (TPSA) is 62.5 Å². The Hall–Kier alpha value is -2.23. The van der Waals surface area contributed by atoms with Gasteiger partial charge in [0.2, 0.25) is 0 Å². The lowest BCUT2D eigenvalue weighted by Gasteiger charge is -2.22. The normalized spacial score (nSPS) is 18.2. The molecule has 0 radical (unpaired) electrons. The van der Waals surface area contributed by atoms with Crippen molar-refractivity contribution in [2.45, 2.75) is 77.2 Å². The van der Waals surface area contributed by atoms with Crippen molar-refractivity contribution in [3.63, 3.8) is 0 Å². The van der Waals surface area contributed by atoms with E-state index in [1.54, 1.807) is 0 Å². The largest absolute Gasteiger partial charge is 0.507 e. The van der Waals surface area contributed by atoms with E-state index in [1.165, 1.54) is 6.42 Å². The molecular formula is C24H31NO3. The van der Waals surface area contributed by atoms with Crippen LogP contribution in [-0.2, 0) is 12.8 Å². The molecule has 28 heavy (non-hydrogen) atoms. The SMILES string of the molecule is CC(C)Nc1cccc(C(c2c(O)c3c(oc2=O)CCCCCC3)C2CC2)c1. The maximum atomic E-state index is 13.0. The number of aromatic hydroxyl groups is 1. The van der Waals surface area contributed by atoms with Crippen LogP contribution in [0, 0.1) is 5.92 Å². The summed E-state index contributed by atoms with van der Waals surface area (Å²) >= 11 is 0. The number of hydrogen-bond acceptors (Lipinski definition) is 4. The monoisotopic (exact) mass is 381 g/mol. The second kappa shape index (κ2) is 8.02. The van der Waals surface area contributed by atoms with Gasteiger partial charge >= 0.3 is 5.63 Å². The van der Waals surface area contributed by atoms with Gasteiger partial charge in [-0.2, -0.15) is 0 Å². The van der Waals surface area contributed by atoms with Gasteiger partial charge in [0.1, 0.15) is 11.5 Å². The molecule has 1 unspecified atom stereocenters. The number of rotatable bonds is 5. The fraction of sp³-hybridized carbons (Fsp3) is 0.542. The van der Waals surface area contributed by atoms with E-state index < -0.39 is 0 Å². The van der Waals surface area contributed by atoms with E-state index in [4.69, 9.17) is 4.42 Å². The maximum absolute atomic E-state index is 13.0. The Morgan fingerprint density at radius 1 is 1.11 bits per heavy atom. The molecule has 1 fully saturated rings. The fourth-order valence-corrected chi connectivity index (χ4v) is 4.55. The summed E-state index contributed by atoms with van der Waals surface area (Å²) in [5.41, 5.74) is 3.13. The van der Waals surface area contributed by atoms with Crippen LogP contribution >= 0.6 is 0 Å². The van der Waals surface area contributed by atoms with E-state index >= 15 is 0 Å². The summed E-state index contributed by atoms with van der Waals surface area (Å²) in [6, 6.07) is 8.62. The van der Waals surface area contributed by atoms with Gasteiger partial charge in [-0.3, -0.25) is 0 Å². The minimum atomic E-state index is -0.351. The van der Waals surface area contributed by atoms with Gasteiger partial charge in [0.25, 0.3) is 0 Å². The third-order valence-corrected chi connectivity index (χ3v) is 6.00. The molecule has 2 aliphatic carbocycles. The Morgan fingerprint density at radius 2 is 1.86 bits per heavy atom. The highest BCUT2D eigenvalue weighted by Crippen LogP contribution is 2.49. The van der Waals surface area contributed by atoms with Crippen molar-refractivity contribution in [1.29, 1.82) is 0 Å². The molecule has 4 nitrogen and oxygen atoms in total. The first-order valence-corrected chi connectivity index (χ1v) is 10.8. The standard InChI is InChI=1S/C24H31NO3/c1-15(2)25-18-9-7-8-17(14-18)21(16-12-13-16)22-23(26)19-10-5-3-4-6-11-20(19)28-24(22)27/h7-9,14-16,21,25-26H,3-6,10-13H2,1-2H3. The molecule has 0 saturated heterocycles. The van der Waals surface area contributed by atoms with Gasteiger partial charge in [0, 0.05) is 29.6 Å². The second-order valence-electron chi connectivity index (χ2n) is 8.71. The highest BCUT2D eigenvalue weighted by molar-refractivity contribution is 5.52. The van der Waals surface area contributed by atoms with E-state index in [1.807, 2.05) is 6.07 Å². The van der Waals surface area contributed by atoms with Crippen LogP contribution in [0.2, 0.25) is 0 Å². The van der Waals surface area contributed by atoms with Crippen molar-refractivity contribution >= 4 is 5.69 Å². The van der Waals surface area contributed by atoms with Crippen LogP contribution in [0.3, 0.4) is 0 Å². The lowest BCUT2D eigenvalue weighted by Crippen LogP contribution is -2.19. The zero-order valence-corrected chi connectivity index (χ0v) is 17.0. The Kier molecular flexibility index (Phi) is 5.47. The van der Waals surface area contributed by atoms with Crippen molar-refractivity contribution in [2.24, 2.45) is 5.92 Å². The molecule has 1 aromatic heterocycles. The van der Waals surface area contributed by atoms with Gasteiger partial charge in [-0.15, -0.1) is 0 Å². The number of benzene rings is 1. The van der Waals surface area contributed by atoms with Crippen molar-refractivity contribution < 1.29 is 9.52 Å². The summed E-state index contributed by atoms with van der Waals surface area (Å²) in [6.45, 7) is 4.22. The van der Waals surface area contributed by atoms with Gasteiger partial charge in [-0.25, -0.2) is 4.79 Å². The Morgan fingerprint density at radius 3 is 2.57 bits per heavy atom. The Labute approximate surface area is 167 Å². The molecule has 2 aliphatic rings. The first-order valence-electron chi connectivity index (χ1n) is 10.8. The van der Waals surface area contributed by atoms with Crippen molar-refractivity contribution in [2.75, 3.05) is 5.32 Å². The molecule has 4 heteroatoms. The van der Waals surface area contributed by atoms with Gasteiger partial charge in [-0.1, -0.05) is 25.0 Å². The predicted octanol–water partition coefficient (Wildman–Crippen LogP) is 5.37. The molecular weight excluding hydrogens is 350 g/mol. The first-order chi connectivity index (χ1) is 13.5.